The van der Waals surface area contributed by atoms with E-state index in [0.717, 1.165) is 16.5 Å². The third kappa shape index (κ3) is 8.70. The van der Waals surface area contributed by atoms with Gasteiger partial charge in [0.1, 0.15) is 36.9 Å². The molecule has 0 spiro atoms. The molecule has 0 radical (unpaired) electrons. The highest BCUT2D eigenvalue weighted by atomic mass is 16.5. The molecule has 0 aromatic heterocycles. The van der Waals surface area contributed by atoms with Gasteiger partial charge in [-0.1, -0.05) is 39.8 Å². The van der Waals surface area contributed by atoms with Crippen molar-refractivity contribution >= 4 is 28.1 Å². The van der Waals surface area contributed by atoms with Crippen LogP contribution in [0.3, 0.4) is 0 Å². The number of carbonyl (C=O) groups is 1. The van der Waals surface area contributed by atoms with Gasteiger partial charge in [-0.3, -0.25) is 9.69 Å². The molecule has 4 N–H and O–H groups in total. The number of rotatable bonds is 14. The Hall–Kier alpha value is -3.17. The van der Waals surface area contributed by atoms with Crippen LogP contribution in [0.2, 0.25) is 0 Å². The molecule has 8 heteroatoms. The maximum absolute atomic E-state index is 12.7. The van der Waals surface area contributed by atoms with E-state index in [4.69, 9.17) is 9.47 Å². The maximum atomic E-state index is 12.7. The molecule has 3 aromatic carbocycles. The van der Waals surface area contributed by atoms with Crippen LogP contribution in [0.15, 0.2) is 60.7 Å². The molecule has 0 heterocycles. The van der Waals surface area contributed by atoms with Gasteiger partial charge < -0.3 is 30.3 Å². The van der Waals surface area contributed by atoms with E-state index in [9.17, 15) is 15.0 Å². The van der Waals surface area contributed by atoms with Gasteiger partial charge in [0.05, 0.1) is 0 Å². The fraction of sp³-hybridized carbons (Fsp3) is 0.433. The van der Waals surface area contributed by atoms with Crippen molar-refractivity contribution in [2.24, 2.45) is 0 Å². The van der Waals surface area contributed by atoms with E-state index in [1.807, 2.05) is 76.2 Å². The Kier molecular flexibility index (Phi) is 10.9. The van der Waals surface area contributed by atoms with Gasteiger partial charge >= 0.3 is 0 Å². The van der Waals surface area contributed by atoms with Crippen LogP contribution in [0, 0.1) is 0 Å². The van der Waals surface area contributed by atoms with E-state index in [1.54, 1.807) is 17.0 Å². The highest BCUT2D eigenvalue weighted by Crippen LogP contribution is 2.33. The van der Waals surface area contributed by atoms with Gasteiger partial charge in [0.25, 0.3) is 0 Å². The molecule has 206 valence electrons. The lowest BCUT2D eigenvalue weighted by atomic mass is 10.1. The molecule has 38 heavy (non-hydrogen) atoms. The van der Waals surface area contributed by atoms with Crippen molar-refractivity contribution in [3.63, 3.8) is 0 Å². The number of aliphatic hydroxyl groups excluding tert-OH is 2. The monoisotopic (exact) mass is 523 g/mol. The van der Waals surface area contributed by atoms with Crippen molar-refractivity contribution < 1.29 is 24.5 Å². The van der Waals surface area contributed by atoms with E-state index in [1.165, 1.54) is 6.92 Å². The first-order valence-corrected chi connectivity index (χ1v) is 13.2. The SMILES string of the molecule is CC(=O)N(c1ccc(OCC(O)CNC(C)C)cc1)c1ccc2c(OCC(O)CNC(C)C)cccc2c1. The maximum Gasteiger partial charge on any atom is 0.228 e. The van der Waals surface area contributed by atoms with Crippen molar-refractivity contribution in [1.29, 1.82) is 0 Å². The number of amides is 1. The standard InChI is InChI=1S/C30H41N3O5/c1-20(2)31-16-26(35)18-37-28-12-9-24(10-13-28)33(22(5)34)25-11-14-29-23(15-25)7-6-8-30(29)38-19-27(36)17-32-21(3)4/h6-15,20-21,26-27,31-32,35-36H,16-19H2,1-5H3. The van der Waals surface area contributed by atoms with Crippen molar-refractivity contribution in [2.45, 2.75) is 58.9 Å². The predicted molar refractivity (Wildman–Crippen MR) is 152 cm³/mol. The van der Waals surface area contributed by atoms with Crippen LogP contribution in [0.4, 0.5) is 11.4 Å². The molecule has 3 aromatic rings. The summed E-state index contributed by atoms with van der Waals surface area (Å²) in [6, 6.07) is 19.3. The van der Waals surface area contributed by atoms with Crippen molar-refractivity contribution in [1.82, 2.24) is 10.6 Å². The number of benzene rings is 3. The zero-order valence-corrected chi connectivity index (χ0v) is 23.0. The summed E-state index contributed by atoms with van der Waals surface area (Å²) in [5.74, 6) is 1.17. The predicted octanol–water partition coefficient (Wildman–Crippen LogP) is 4.00. The summed E-state index contributed by atoms with van der Waals surface area (Å²) < 4.78 is 11.6. The minimum atomic E-state index is -0.618. The number of nitrogens with zero attached hydrogens (tertiary/aromatic N) is 1. The van der Waals surface area contributed by atoms with Gasteiger partial charge in [-0.05, 0) is 53.9 Å². The van der Waals surface area contributed by atoms with Gasteiger partial charge in [0.2, 0.25) is 5.91 Å². The molecular formula is C30H41N3O5. The third-order valence-electron chi connectivity index (χ3n) is 5.89. The second-order valence-electron chi connectivity index (χ2n) is 10.1. The summed E-state index contributed by atoms with van der Waals surface area (Å²) >= 11 is 0. The van der Waals surface area contributed by atoms with E-state index < -0.39 is 12.2 Å². The molecule has 8 nitrogen and oxygen atoms in total. The summed E-state index contributed by atoms with van der Waals surface area (Å²) in [7, 11) is 0. The molecule has 2 atom stereocenters. The first-order chi connectivity index (χ1) is 18.1. The molecule has 0 aliphatic carbocycles. The summed E-state index contributed by atoms with van der Waals surface area (Å²) in [4.78, 5) is 14.3. The lowest BCUT2D eigenvalue weighted by molar-refractivity contribution is -0.115. The summed E-state index contributed by atoms with van der Waals surface area (Å²) in [5.41, 5.74) is 1.44. The van der Waals surface area contributed by atoms with E-state index in [-0.39, 0.29) is 19.1 Å². The molecule has 1 amide bonds. The van der Waals surface area contributed by atoms with E-state index >= 15 is 0 Å². The van der Waals surface area contributed by atoms with Crippen LogP contribution in [0.5, 0.6) is 11.5 Å². The average Bonchev–Trinajstić information content (AvgIpc) is 2.88. The zero-order valence-electron chi connectivity index (χ0n) is 23.0. The van der Waals surface area contributed by atoms with Crippen LogP contribution >= 0.6 is 0 Å². The number of fused-ring (bicyclic) bond motifs is 1. The number of ether oxygens (including phenoxy) is 2. The normalized spacial score (nSPS) is 13.1. The minimum absolute atomic E-state index is 0.124. The second kappa shape index (κ2) is 14.1. The second-order valence-corrected chi connectivity index (χ2v) is 10.1. The van der Waals surface area contributed by atoms with Crippen molar-refractivity contribution in [3.05, 3.63) is 60.7 Å². The Morgan fingerprint density at radius 3 is 1.97 bits per heavy atom. The number of hydrogen-bond acceptors (Lipinski definition) is 7. The first-order valence-electron chi connectivity index (χ1n) is 13.2. The molecular weight excluding hydrogens is 482 g/mol. The number of nitrogens with one attached hydrogen (secondary N) is 2. The summed E-state index contributed by atoms with van der Waals surface area (Å²) in [6.45, 7) is 10.9. The zero-order chi connectivity index (χ0) is 27.7. The first kappa shape index (κ1) is 29.4. The van der Waals surface area contributed by atoms with Gasteiger partial charge in [-0.2, -0.15) is 0 Å². The van der Waals surface area contributed by atoms with Crippen LogP contribution in [0.1, 0.15) is 34.6 Å². The van der Waals surface area contributed by atoms with Crippen LogP contribution in [-0.2, 0) is 4.79 Å². The topological polar surface area (TPSA) is 103 Å². The molecule has 3 rings (SSSR count). The van der Waals surface area contributed by atoms with Gasteiger partial charge in [0, 0.05) is 48.9 Å². The van der Waals surface area contributed by atoms with Crippen LogP contribution in [-0.4, -0.2) is 66.7 Å². The number of carbonyl (C=O) groups excluding carboxylic acids is 1. The number of anilines is 2. The highest BCUT2D eigenvalue weighted by Gasteiger charge is 2.16. The fourth-order valence-electron chi connectivity index (χ4n) is 3.95. The molecule has 0 bridgehead atoms. The molecule has 0 saturated carbocycles. The molecule has 2 unspecified atom stereocenters. The lowest BCUT2D eigenvalue weighted by Crippen LogP contribution is -2.35. The Balaban J connectivity index is 1.71. The lowest BCUT2D eigenvalue weighted by Gasteiger charge is -2.23. The largest absolute Gasteiger partial charge is 0.491 e. The molecule has 0 fully saturated rings. The quantitative estimate of drug-likeness (QED) is 0.253. The summed E-state index contributed by atoms with van der Waals surface area (Å²) in [5, 5.41) is 28.5. The average molecular weight is 524 g/mol. The Bertz CT molecular complexity index is 1170. The summed E-state index contributed by atoms with van der Waals surface area (Å²) in [6.07, 6.45) is -1.23. The third-order valence-corrected chi connectivity index (χ3v) is 5.89. The van der Waals surface area contributed by atoms with E-state index in [0.29, 0.717) is 42.4 Å². The number of hydrogen-bond donors (Lipinski definition) is 4. The van der Waals surface area contributed by atoms with Gasteiger partial charge in [-0.15, -0.1) is 0 Å². The van der Waals surface area contributed by atoms with E-state index in [2.05, 4.69) is 10.6 Å². The van der Waals surface area contributed by atoms with Gasteiger partial charge in [0.15, 0.2) is 0 Å². The molecule has 0 saturated heterocycles. The number of aliphatic hydroxyl groups is 2. The van der Waals surface area contributed by atoms with Crippen LogP contribution < -0.4 is 25.0 Å². The van der Waals surface area contributed by atoms with Crippen molar-refractivity contribution in [2.75, 3.05) is 31.2 Å². The Morgan fingerprint density at radius 1 is 0.816 bits per heavy atom. The minimum Gasteiger partial charge on any atom is -0.491 e. The highest BCUT2D eigenvalue weighted by molar-refractivity contribution is 6.02. The van der Waals surface area contributed by atoms with Crippen molar-refractivity contribution in [3.8, 4) is 11.5 Å². The Labute approximate surface area is 225 Å². The smallest absolute Gasteiger partial charge is 0.228 e. The molecule has 0 aliphatic rings. The fourth-order valence-corrected chi connectivity index (χ4v) is 3.95. The van der Waals surface area contributed by atoms with Crippen LogP contribution in [0.25, 0.3) is 10.8 Å². The van der Waals surface area contributed by atoms with Gasteiger partial charge in [-0.25, -0.2) is 0 Å². The molecule has 0 aliphatic heterocycles. The Morgan fingerprint density at radius 2 is 1.39 bits per heavy atom.